The molecule has 8 nitrogen and oxygen atoms in total. The number of cyclic esters (lactones) is 1. The third-order valence-corrected chi connectivity index (χ3v) is 4.88. The van der Waals surface area contributed by atoms with Crippen molar-refractivity contribution in [3.05, 3.63) is 16.6 Å². The van der Waals surface area contributed by atoms with E-state index in [1.807, 2.05) is 5.38 Å². The molecule has 24 heavy (non-hydrogen) atoms. The minimum atomic E-state index is -0.790. The van der Waals surface area contributed by atoms with Crippen LogP contribution in [0, 0.1) is 0 Å². The first kappa shape index (κ1) is 16.7. The van der Waals surface area contributed by atoms with Crippen molar-refractivity contribution in [1.29, 1.82) is 0 Å². The van der Waals surface area contributed by atoms with E-state index in [2.05, 4.69) is 15.6 Å². The number of alkyl carbamates (subject to hydrolysis) is 1. The lowest BCUT2D eigenvalue weighted by molar-refractivity contribution is -0.136. The fourth-order valence-corrected chi connectivity index (χ4v) is 3.53. The van der Waals surface area contributed by atoms with Crippen LogP contribution in [0.5, 0.6) is 0 Å². The summed E-state index contributed by atoms with van der Waals surface area (Å²) >= 11 is 1.44. The molecular weight excluding hydrogens is 332 g/mol. The van der Waals surface area contributed by atoms with E-state index in [9.17, 15) is 14.4 Å². The van der Waals surface area contributed by atoms with Gasteiger partial charge in [-0.25, -0.2) is 9.78 Å². The number of rotatable bonds is 5. The molecule has 1 aromatic rings. The molecule has 0 bridgehead atoms. The Kier molecular flexibility index (Phi) is 4.98. The zero-order valence-corrected chi connectivity index (χ0v) is 14.2. The number of nitrogens with one attached hydrogen (secondary N) is 2. The van der Waals surface area contributed by atoms with E-state index >= 15 is 0 Å². The Morgan fingerprint density at radius 1 is 1.50 bits per heavy atom. The topological polar surface area (TPSA) is 101 Å². The van der Waals surface area contributed by atoms with Crippen LogP contribution < -0.4 is 10.6 Å². The Labute approximate surface area is 143 Å². The van der Waals surface area contributed by atoms with Crippen LogP contribution in [0.1, 0.15) is 25.5 Å². The lowest BCUT2D eigenvalue weighted by Crippen LogP contribution is -2.54. The summed E-state index contributed by atoms with van der Waals surface area (Å²) in [4.78, 5) is 42.4. The third-order valence-electron chi connectivity index (χ3n) is 4.25. The second-order valence-electron chi connectivity index (χ2n) is 6.01. The fraction of sp³-hybridized carbons (Fsp3) is 0.600. The fourth-order valence-electron chi connectivity index (χ4n) is 2.96. The number of carbonyl (C=O) groups excluding carboxylic acids is 3. The number of aromatic nitrogens is 1. The van der Waals surface area contributed by atoms with Gasteiger partial charge in [0.1, 0.15) is 18.2 Å². The average Bonchev–Trinajstić information content (AvgIpc) is 3.27. The van der Waals surface area contributed by atoms with Crippen molar-refractivity contribution in [2.24, 2.45) is 0 Å². The first-order chi connectivity index (χ1) is 11.5. The van der Waals surface area contributed by atoms with Gasteiger partial charge in [-0.15, -0.1) is 11.3 Å². The van der Waals surface area contributed by atoms with Crippen LogP contribution >= 0.6 is 11.3 Å². The van der Waals surface area contributed by atoms with E-state index in [1.54, 1.807) is 17.3 Å². The van der Waals surface area contributed by atoms with Crippen molar-refractivity contribution in [2.75, 3.05) is 13.1 Å². The van der Waals surface area contributed by atoms with Gasteiger partial charge in [0.05, 0.1) is 11.2 Å². The molecule has 1 aromatic heterocycles. The standard InChI is InChI=1S/C15H20N4O4S/c1-9-12(18-15(22)23-9)13(20)17-11(6-10-7-24-8-16-10)14(21)19-4-2-3-5-19/h7-9,11-12H,2-6H2,1H3,(H,17,20)(H,18,22). The molecule has 2 N–H and O–H groups in total. The Morgan fingerprint density at radius 2 is 2.25 bits per heavy atom. The molecule has 0 radical (unpaired) electrons. The largest absolute Gasteiger partial charge is 0.444 e. The second-order valence-corrected chi connectivity index (χ2v) is 6.73. The van der Waals surface area contributed by atoms with Gasteiger partial charge in [0.2, 0.25) is 11.8 Å². The van der Waals surface area contributed by atoms with Crippen LogP contribution in [0.2, 0.25) is 0 Å². The van der Waals surface area contributed by atoms with Gasteiger partial charge in [-0.2, -0.15) is 0 Å². The van der Waals surface area contributed by atoms with E-state index in [1.165, 1.54) is 11.3 Å². The molecular formula is C15H20N4O4S. The van der Waals surface area contributed by atoms with Crippen molar-refractivity contribution in [3.63, 3.8) is 0 Å². The first-order valence-electron chi connectivity index (χ1n) is 7.98. The van der Waals surface area contributed by atoms with E-state index < -0.39 is 30.2 Å². The summed E-state index contributed by atoms with van der Waals surface area (Å²) in [5.41, 5.74) is 2.46. The molecule has 3 atom stereocenters. The summed E-state index contributed by atoms with van der Waals surface area (Å²) in [5, 5.41) is 7.09. The second kappa shape index (κ2) is 7.16. The maximum atomic E-state index is 12.7. The zero-order valence-electron chi connectivity index (χ0n) is 13.4. The van der Waals surface area contributed by atoms with Crippen LogP contribution in [0.25, 0.3) is 0 Å². The van der Waals surface area contributed by atoms with Gasteiger partial charge >= 0.3 is 6.09 Å². The summed E-state index contributed by atoms with van der Waals surface area (Å²) in [5.74, 6) is -0.520. The Bertz CT molecular complexity index is 615. The van der Waals surface area contributed by atoms with Gasteiger partial charge in [-0.3, -0.25) is 9.59 Å². The molecule has 0 spiro atoms. The summed E-state index contributed by atoms with van der Waals surface area (Å²) in [6.45, 7) is 3.06. The third kappa shape index (κ3) is 3.66. The monoisotopic (exact) mass is 352 g/mol. The Hall–Kier alpha value is -2.16. The van der Waals surface area contributed by atoms with Gasteiger partial charge in [-0.05, 0) is 19.8 Å². The van der Waals surface area contributed by atoms with Gasteiger partial charge in [0.25, 0.3) is 0 Å². The van der Waals surface area contributed by atoms with Crippen LogP contribution in [0.4, 0.5) is 4.79 Å². The van der Waals surface area contributed by atoms with Crippen molar-refractivity contribution < 1.29 is 19.1 Å². The Balaban J connectivity index is 1.70. The molecule has 2 fully saturated rings. The van der Waals surface area contributed by atoms with Crippen LogP contribution in [0.15, 0.2) is 10.9 Å². The minimum Gasteiger partial charge on any atom is -0.444 e. The molecule has 3 heterocycles. The highest BCUT2D eigenvalue weighted by Gasteiger charge is 2.38. The Morgan fingerprint density at radius 3 is 2.83 bits per heavy atom. The van der Waals surface area contributed by atoms with Crippen molar-refractivity contribution in [3.8, 4) is 0 Å². The van der Waals surface area contributed by atoms with Crippen LogP contribution in [-0.4, -0.2) is 59.1 Å². The van der Waals surface area contributed by atoms with Crippen molar-refractivity contribution in [2.45, 2.75) is 44.4 Å². The number of carbonyl (C=O) groups is 3. The van der Waals surface area contributed by atoms with Crippen LogP contribution in [0.3, 0.4) is 0 Å². The molecule has 3 amide bonds. The van der Waals surface area contributed by atoms with E-state index in [-0.39, 0.29) is 5.91 Å². The number of amides is 3. The number of likely N-dealkylation sites (tertiary alicyclic amines) is 1. The number of nitrogens with zero attached hydrogens (tertiary/aromatic N) is 2. The smallest absolute Gasteiger partial charge is 0.408 e. The first-order valence-corrected chi connectivity index (χ1v) is 8.92. The van der Waals surface area contributed by atoms with Crippen LogP contribution in [-0.2, 0) is 20.7 Å². The number of hydrogen-bond donors (Lipinski definition) is 2. The number of ether oxygens (including phenoxy) is 1. The zero-order chi connectivity index (χ0) is 17.1. The molecule has 3 rings (SSSR count). The average molecular weight is 352 g/mol. The highest BCUT2D eigenvalue weighted by Crippen LogP contribution is 2.14. The van der Waals surface area contributed by atoms with Gasteiger partial charge in [0, 0.05) is 24.9 Å². The summed E-state index contributed by atoms with van der Waals surface area (Å²) in [7, 11) is 0. The van der Waals surface area contributed by atoms with Crippen molar-refractivity contribution >= 4 is 29.2 Å². The molecule has 2 aliphatic heterocycles. The molecule has 9 heteroatoms. The maximum Gasteiger partial charge on any atom is 0.408 e. The maximum absolute atomic E-state index is 12.7. The molecule has 3 unspecified atom stereocenters. The van der Waals surface area contributed by atoms with Gasteiger partial charge < -0.3 is 20.3 Å². The number of hydrogen-bond acceptors (Lipinski definition) is 6. The predicted molar refractivity (Wildman–Crippen MR) is 86.4 cm³/mol. The summed E-state index contributed by atoms with van der Waals surface area (Å²) in [6, 6.07) is -1.48. The SMILES string of the molecule is CC1OC(=O)NC1C(=O)NC(Cc1cscn1)C(=O)N1CCCC1. The number of thiazole rings is 1. The van der Waals surface area contributed by atoms with E-state index in [0.717, 1.165) is 18.5 Å². The molecule has 0 saturated carbocycles. The molecule has 2 saturated heterocycles. The molecule has 130 valence electrons. The summed E-state index contributed by atoms with van der Waals surface area (Å²) in [6.07, 6.45) is 1.10. The van der Waals surface area contributed by atoms with Gasteiger partial charge in [-0.1, -0.05) is 0 Å². The highest BCUT2D eigenvalue weighted by molar-refractivity contribution is 7.07. The molecule has 2 aliphatic rings. The quantitative estimate of drug-likeness (QED) is 0.793. The normalized spacial score (nSPS) is 24.4. The predicted octanol–water partition coefficient (Wildman–Crippen LogP) is 0.290. The van der Waals surface area contributed by atoms with Crippen molar-refractivity contribution in [1.82, 2.24) is 20.5 Å². The van der Waals surface area contributed by atoms with Gasteiger partial charge in [0.15, 0.2) is 0 Å². The lowest BCUT2D eigenvalue weighted by Gasteiger charge is -2.25. The lowest BCUT2D eigenvalue weighted by atomic mass is 10.1. The summed E-state index contributed by atoms with van der Waals surface area (Å²) < 4.78 is 4.93. The van der Waals surface area contributed by atoms with E-state index in [0.29, 0.717) is 19.5 Å². The van der Waals surface area contributed by atoms with E-state index in [4.69, 9.17) is 4.74 Å². The molecule has 0 aromatic carbocycles. The molecule has 0 aliphatic carbocycles. The highest BCUT2D eigenvalue weighted by atomic mass is 32.1. The minimum absolute atomic E-state index is 0.105.